The van der Waals surface area contributed by atoms with Crippen LogP contribution >= 0.6 is 0 Å². The maximum absolute atomic E-state index is 5.73. The highest BCUT2D eigenvalue weighted by Crippen LogP contribution is 2.31. The molecule has 0 aliphatic heterocycles. The summed E-state index contributed by atoms with van der Waals surface area (Å²) < 4.78 is 0. The molecule has 0 radical (unpaired) electrons. The van der Waals surface area contributed by atoms with Crippen molar-refractivity contribution in [1.82, 2.24) is 15.2 Å². The molecule has 4 heteroatoms. The fourth-order valence-corrected chi connectivity index (χ4v) is 2.23. The highest BCUT2D eigenvalue weighted by atomic mass is 15.2. The van der Waals surface area contributed by atoms with Gasteiger partial charge in [0.25, 0.3) is 0 Å². The molecule has 1 saturated carbocycles. The second-order valence-corrected chi connectivity index (χ2v) is 5.47. The minimum atomic E-state index is -0.122. The molecular formula is C12H22N4. The van der Waals surface area contributed by atoms with Crippen LogP contribution in [0, 0.1) is 0 Å². The van der Waals surface area contributed by atoms with Crippen LogP contribution in [0.1, 0.15) is 63.5 Å². The molecule has 0 spiro atoms. The summed E-state index contributed by atoms with van der Waals surface area (Å²) in [6, 6.07) is 0. The van der Waals surface area contributed by atoms with Gasteiger partial charge in [-0.3, -0.25) is 5.10 Å². The summed E-state index contributed by atoms with van der Waals surface area (Å²) in [4.78, 5) is 4.63. The molecule has 0 atom stereocenters. The molecule has 1 aliphatic rings. The standard InChI is InChI=1S/C12H22N4/c1-12(2,8-13)11-14-10(15-16-11)9-6-4-3-5-7-9/h9H,3-8,13H2,1-2H3,(H,14,15,16). The third kappa shape index (κ3) is 2.26. The fourth-order valence-electron chi connectivity index (χ4n) is 2.23. The molecule has 1 aromatic rings. The van der Waals surface area contributed by atoms with Gasteiger partial charge < -0.3 is 5.73 Å². The average Bonchev–Trinajstić information content (AvgIpc) is 2.80. The van der Waals surface area contributed by atoms with E-state index in [4.69, 9.17) is 5.73 Å². The van der Waals surface area contributed by atoms with Gasteiger partial charge in [0, 0.05) is 17.9 Å². The van der Waals surface area contributed by atoms with E-state index in [9.17, 15) is 0 Å². The van der Waals surface area contributed by atoms with Crippen molar-refractivity contribution in [2.45, 2.75) is 57.3 Å². The first kappa shape index (κ1) is 11.6. The summed E-state index contributed by atoms with van der Waals surface area (Å²) in [5.74, 6) is 2.51. The van der Waals surface area contributed by atoms with E-state index in [0.717, 1.165) is 11.6 Å². The molecule has 0 saturated heterocycles. The van der Waals surface area contributed by atoms with Gasteiger partial charge in [0.05, 0.1) is 0 Å². The maximum Gasteiger partial charge on any atom is 0.157 e. The minimum absolute atomic E-state index is 0.122. The molecule has 1 aromatic heterocycles. The summed E-state index contributed by atoms with van der Waals surface area (Å²) in [5.41, 5.74) is 5.61. The van der Waals surface area contributed by atoms with Crippen molar-refractivity contribution in [2.75, 3.05) is 6.54 Å². The van der Waals surface area contributed by atoms with E-state index < -0.39 is 0 Å². The van der Waals surface area contributed by atoms with Crippen LogP contribution in [0.4, 0.5) is 0 Å². The van der Waals surface area contributed by atoms with E-state index in [1.165, 1.54) is 32.1 Å². The van der Waals surface area contributed by atoms with E-state index in [1.807, 2.05) is 0 Å². The van der Waals surface area contributed by atoms with Gasteiger partial charge in [0.15, 0.2) is 5.82 Å². The van der Waals surface area contributed by atoms with Crippen molar-refractivity contribution in [3.63, 3.8) is 0 Å². The van der Waals surface area contributed by atoms with Gasteiger partial charge in [-0.15, -0.1) is 0 Å². The normalized spacial score (nSPS) is 18.9. The SMILES string of the molecule is CC(C)(CN)c1n[nH]c(C2CCCCC2)n1. The lowest BCUT2D eigenvalue weighted by molar-refractivity contribution is 0.428. The second kappa shape index (κ2) is 4.53. The lowest BCUT2D eigenvalue weighted by atomic mass is 9.88. The third-order valence-electron chi connectivity index (χ3n) is 3.61. The molecule has 3 N–H and O–H groups in total. The van der Waals surface area contributed by atoms with Crippen LogP contribution in [-0.4, -0.2) is 21.7 Å². The lowest BCUT2D eigenvalue weighted by Crippen LogP contribution is -2.29. The predicted molar refractivity (Wildman–Crippen MR) is 64.3 cm³/mol. The van der Waals surface area contributed by atoms with Gasteiger partial charge >= 0.3 is 0 Å². The molecule has 0 bridgehead atoms. The van der Waals surface area contributed by atoms with Crippen LogP contribution in [0.3, 0.4) is 0 Å². The monoisotopic (exact) mass is 222 g/mol. The molecule has 4 nitrogen and oxygen atoms in total. The molecule has 1 fully saturated rings. The van der Waals surface area contributed by atoms with Crippen LogP contribution in [-0.2, 0) is 5.41 Å². The first-order valence-corrected chi connectivity index (χ1v) is 6.26. The Kier molecular flexibility index (Phi) is 3.28. The minimum Gasteiger partial charge on any atom is -0.329 e. The van der Waals surface area contributed by atoms with E-state index >= 15 is 0 Å². The van der Waals surface area contributed by atoms with Gasteiger partial charge in [0.1, 0.15) is 5.82 Å². The zero-order chi connectivity index (χ0) is 11.6. The highest BCUT2D eigenvalue weighted by molar-refractivity contribution is 5.07. The zero-order valence-corrected chi connectivity index (χ0v) is 10.3. The first-order valence-electron chi connectivity index (χ1n) is 6.26. The van der Waals surface area contributed by atoms with Crippen LogP contribution in [0.5, 0.6) is 0 Å². The highest BCUT2D eigenvalue weighted by Gasteiger charge is 2.26. The lowest BCUT2D eigenvalue weighted by Gasteiger charge is -2.19. The number of rotatable bonds is 3. The average molecular weight is 222 g/mol. The fraction of sp³-hybridized carbons (Fsp3) is 0.833. The number of hydrogen-bond donors (Lipinski definition) is 2. The van der Waals surface area contributed by atoms with Gasteiger partial charge in [-0.2, -0.15) is 5.10 Å². The molecule has 1 aliphatic carbocycles. The number of H-pyrrole nitrogens is 1. The number of nitrogens with zero attached hydrogens (tertiary/aromatic N) is 2. The molecule has 90 valence electrons. The number of nitrogens with two attached hydrogens (primary N) is 1. The van der Waals surface area contributed by atoms with E-state index in [1.54, 1.807) is 0 Å². The van der Waals surface area contributed by atoms with E-state index in [0.29, 0.717) is 12.5 Å². The van der Waals surface area contributed by atoms with Gasteiger partial charge in [-0.05, 0) is 12.8 Å². The molecule has 1 heterocycles. The summed E-state index contributed by atoms with van der Waals surface area (Å²) in [6.45, 7) is 4.75. The quantitative estimate of drug-likeness (QED) is 0.823. The summed E-state index contributed by atoms with van der Waals surface area (Å²) in [7, 11) is 0. The van der Waals surface area contributed by atoms with Crippen LogP contribution < -0.4 is 5.73 Å². The summed E-state index contributed by atoms with van der Waals surface area (Å²) in [5, 5.41) is 7.42. The Morgan fingerprint density at radius 3 is 2.62 bits per heavy atom. The van der Waals surface area contributed by atoms with Crippen molar-refractivity contribution >= 4 is 0 Å². The third-order valence-corrected chi connectivity index (χ3v) is 3.61. The van der Waals surface area contributed by atoms with Gasteiger partial charge in [0.2, 0.25) is 0 Å². The molecule has 16 heavy (non-hydrogen) atoms. The first-order chi connectivity index (χ1) is 7.63. The molecule has 0 amide bonds. The number of nitrogens with one attached hydrogen (secondary N) is 1. The Labute approximate surface area is 97.0 Å². The summed E-state index contributed by atoms with van der Waals surface area (Å²) in [6.07, 6.45) is 6.50. The van der Waals surface area contributed by atoms with Gasteiger partial charge in [-0.1, -0.05) is 33.1 Å². The summed E-state index contributed by atoms with van der Waals surface area (Å²) >= 11 is 0. The Morgan fingerprint density at radius 2 is 2.00 bits per heavy atom. The van der Waals surface area contributed by atoms with Gasteiger partial charge in [-0.25, -0.2) is 4.98 Å². The Bertz CT molecular complexity index is 337. The number of hydrogen-bond acceptors (Lipinski definition) is 3. The maximum atomic E-state index is 5.73. The molecule has 2 rings (SSSR count). The van der Waals surface area contributed by atoms with Crippen molar-refractivity contribution in [3.8, 4) is 0 Å². The Morgan fingerprint density at radius 1 is 1.31 bits per heavy atom. The smallest absolute Gasteiger partial charge is 0.157 e. The topological polar surface area (TPSA) is 67.6 Å². The van der Waals surface area contributed by atoms with Crippen LogP contribution in [0.2, 0.25) is 0 Å². The molecular weight excluding hydrogens is 200 g/mol. The van der Waals surface area contributed by atoms with Crippen molar-refractivity contribution in [1.29, 1.82) is 0 Å². The second-order valence-electron chi connectivity index (χ2n) is 5.47. The predicted octanol–water partition coefficient (Wildman–Crippen LogP) is 2.09. The Balaban J connectivity index is 2.12. The van der Waals surface area contributed by atoms with Crippen molar-refractivity contribution in [2.24, 2.45) is 5.73 Å². The molecule has 0 aromatic carbocycles. The molecule has 0 unspecified atom stereocenters. The number of aromatic nitrogens is 3. The van der Waals surface area contributed by atoms with Crippen molar-refractivity contribution in [3.05, 3.63) is 11.6 Å². The Hall–Kier alpha value is -0.900. The van der Waals surface area contributed by atoms with E-state index in [2.05, 4.69) is 29.0 Å². The van der Waals surface area contributed by atoms with Crippen molar-refractivity contribution < 1.29 is 0 Å². The van der Waals surface area contributed by atoms with Crippen LogP contribution in [0.25, 0.3) is 0 Å². The van der Waals surface area contributed by atoms with Crippen LogP contribution in [0.15, 0.2) is 0 Å². The number of aromatic amines is 1. The van der Waals surface area contributed by atoms with E-state index in [-0.39, 0.29) is 5.41 Å². The zero-order valence-electron chi connectivity index (χ0n) is 10.3. The largest absolute Gasteiger partial charge is 0.329 e.